The van der Waals surface area contributed by atoms with Gasteiger partial charge in [-0.05, 0) is 54.9 Å². The fraction of sp³-hybridized carbons (Fsp3) is 0.357. The van der Waals surface area contributed by atoms with Crippen molar-refractivity contribution in [2.75, 3.05) is 0 Å². The smallest absolute Gasteiger partial charge is 0.328 e. The predicted octanol–water partition coefficient (Wildman–Crippen LogP) is 3.18. The molecule has 2 rings (SSSR count). The van der Waals surface area contributed by atoms with E-state index in [1.54, 1.807) is 0 Å². The topological polar surface area (TPSA) is 37.3 Å². The first kappa shape index (κ1) is 10.9. The molecule has 0 bridgehead atoms. The van der Waals surface area contributed by atoms with E-state index in [1.165, 1.54) is 17.2 Å². The highest BCUT2D eigenvalue weighted by Crippen LogP contribution is 2.42. The molecule has 0 atom stereocenters. The van der Waals surface area contributed by atoms with Crippen LogP contribution in [0.15, 0.2) is 24.3 Å². The Morgan fingerprint density at radius 1 is 1.31 bits per heavy atom. The highest BCUT2D eigenvalue weighted by Gasteiger charge is 2.27. The SMILES string of the molecule is Cc1ccc(/C(=C/C(=O)O)C2CC2)cc1C. The molecule has 0 unspecified atom stereocenters. The van der Waals surface area contributed by atoms with Crippen molar-refractivity contribution in [3.63, 3.8) is 0 Å². The van der Waals surface area contributed by atoms with Crippen LogP contribution in [0.5, 0.6) is 0 Å². The number of rotatable bonds is 3. The van der Waals surface area contributed by atoms with Gasteiger partial charge in [-0.2, -0.15) is 0 Å². The van der Waals surface area contributed by atoms with Crippen molar-refractivity contribution in [3.05, 3.63) is 41.0 Å². The van der Waals surface area contributed by atoms with Gasteiger partial charge in [0.25, 0.3) is 0 Å². The molecule has 1 aliphatic rings. The summed E-state index contributed by atoms with van der Waals surface area (Å²) in [5.41, 5.74) is 4.51. The third-order valence-corrected chi connectivity index (χ3v) is 3.14. The average Bonchev–Trinajstić information content (AvgIpc) is 3.02. The van der Waals surface area contributed by atoms with E-state index in [0.29, 0.717) is 5.92 Å². The van der Waals surface area contributed by atoms with Crippen LogP contribution in [0.25, 0.3) is 5.57 Å². The maximum Gasteiger partial charge on any atom is 0.328 e. The molecule has 0 amide bonds. The van der Waals surface area contributed by atoms with Gasteiger partial charge < -0.3 is 5.11 Å². The number of allylic oxidation sites excluding steroid dienone is 1. The van der Waals surface area contributed by atoms with E-state index in [9.17, 15) is 4.79 Å². The van der Waals surface area contributed by atoms with E-state index < -0.39 is 5.97 Å². The van der Waals surface area contributed by atoms with Crippen LogP contribution in [0.3, 0.4) is 0 Å². The molecule has 1 N–H and O–H groups in total. The number of carboxylic acids is 1. The minimum atomic E-state index is -0.847. The van der Waals surface area contributed by atoms with Crippen LogP contribution < -0.4 is 0 Å². The van der Waals surface area contributed by atoms with Crippen LogP contribution in [0, 0.1) is 19.8 Å². The Bertz CT molecular complexity index is 454. The Labute approximate surface area is 95.6 Å². The van der Waals surface area contributed by atoms with Crippen LogP contribution in [-0.4, -0.2) is 11.1 Å². The van der Waals surface area contributed by atoms with Gasteiger partial charge in [-0.1, -0.05) is 18.2 Å². The first-order valence-electron chi connectivity index (χ1n) is 5.60. The van der Waals surface area contributed by atoms with Crippen molar-refractivity contribution in [1.82, 2.24) is 0 Å². The fourth-order valence-electron chi connectivity index (χ4n) is 1.89. The average molecular weight is 216 g/mol. The summed E-state index contributed by atoms with van der Waals surface area (Å²) in [5.74, 6) is -0.390. The molecule has 1 aromatic carbocycles. The number of carboxylic acid groups (broad SMARTS) is 1. The van der Waals surface area contributed by atoms with Gasteiger partial charge in [0.2, 0.25) is 0 Å². The van der Waals surface area contributed by atoms with Crippen LogP contribution in [0.4, 0.5) is 0 Å². The number of carbonyl (C=O) groups is 1. The second-order valence-electron chi connectivity index (χ2n) is 4.51. The monoisotopic (exact) mass is 216 g/mol. The molecule has 1 aromatic rings. The molecule has 16 heavy (non-hydrogen) atoms. The Balaban J connectivity index is 2.39. The molecule has 1 saturated carbocycles. The number of aryl methyl sites for hydroxylation is 2. The molecule has 0 aromatic heterocycles. The van der Waals surface area contributed by atoms with Gasteiger partial charge >= 0.3 is 5.97 Å². The summed E-state index contributed by atoms with van der Waals surface area (Å²) in [7, 11) is 0. The summed E-state index contributed by atoms with van der Waals surface area (Å²) in [6.45, 7) is 4.13. The number of hydrogen-bond donors (Lipinski definition) is 1. The molecular weight excluding hydrogens is 200 g/mol. The molecule has 0 heterocycles. The zero-order chi connectivity index (χ0) is 11.7. The van der Waals surface area contributed by atoms with Gasteiger partial charge in [0.15, 0.2) is 0 Å². The van der Waals surface area contributed by atoms with Gasteiger partial charge in [-0.15, -0.1) is 0 Å². The maximum atomic E-state index is 10.8. The van der Waals surface area contributed by atoms with Crippen LogP contribution in [-0.2, 0) is 4.79 Å². The first-order valence-corrected chi connectivity index (χ1v) is 5.60. The summed E-state index contributed by atoms with van der Waals surface area (Å²) >= 11 is 0. The van der Waals surface area contributed by atoms with E-state index in [0.717, 1.165) is 24.0 Å². The number of aliphatic carboxylic acids is 1. The largest absolute Gasteiger partial charge is 0.478 e. The number of benzene rings is 1. The molecule has 2 nitrogen and oxygen atoms in total. The fourth-order valence-corrected chi connectivity index (χ4v) is 1.89. The maximum absolute atomic E-state index is 10.8. The van der Waals surface area contributed by atoms with Crippen molar-refractivity contribution in [1.29, 1.82) is 0 Å². The van der Waals surface area contributed by atoms with Gasteiger partial charge in [-0.3, -0.25) is 0 Å². The summed E-state index contributed by atoms with van der Waals surface area (Å²) in [5, 5.41) is 8.87. The third-order valence-electron chi connectivity index (χ3n) is 3.14. The lowest BCUT2D eigenvalue weighted by Crippen LogP contribution is -1.95. The summed E-state index contributed by atoms with van der Waals surface area (Å²) < 4.78 is 0. The summed E-state index contributed by atoms with van der Waals surface area (Å²) in [6, 6.07) is 6.17. The van der Waals surface area contributed by atoms with E-state index in [4.69, 9.17) is 5.11 Å². The Morgan fingerprint density at radius 3 is 2.50 bits per heavy atom. The molecule has 0 spiro atoms. The summed E-state index contributed by atoms with van der Waals surface area (Å²) in [4.78, 5) is 10.8. The first-order chi connectivity index (χ1) is 7.58. The van der Waals surface area contributed by atoms with Gasteiger partial charge in [-0.25, -0.2) is 4.79 Å². The highest BCUT2D eigenvalue weighted by molar-refractivity contribution is 5.91. The van der Waals surface area contributed by atoms with E-state index in [2.05, 4.69) is 26.0 Å². The Morgan fingerprint density at radius 2 is 2.00 bits per heavy atom. The normalized spacial score (nSPS) is 16.2. The van der Waals surface area contributed by atoms with E-state index >= 15 is 0 Å². The van der Waals surface area contributed by atoms with Crippen molar-refractivity contribution < 1.29 is 9.90 Å². The molecule has 1 aliphatic carbocycles. The zero-order valence-corrected chi connectivity index (χ0v) is 9.66. The second-order valence-corrected chi connectivity index (χ2v) is 4.51. The minimum absolute atomic E-state index is 0.457. The van der Waals surface area contributed by atoms with Crippen molar-refractivity contribution in [2.24, 2.45) is 5.92 Å². The molecule has 0 radical (unpaired) electrons. The third kappa shape index (κ3) is 2.32. The highest BCUT2D eigenvalue weighted by atomic mass is 16.4. The molecule has 0 aliphatic heterocycles. The van der Waals surface area contributed by atoms with E-state index in [-0.39, 0.29) is 0 Å². The second kappa shape index (κ2) is 4.12. The van der Waals surface area contributed by atoms with Gasteiger partial charge in [0, 0.05) is 6.08 Å². The lowest BCUT2D eigenvalue weighted by molar-refractivity contribution is -0.131. The van der Waals surface area contributed by atoms with Crippen LogP contribution in [0.2, 0.25) is 0 Å². The Hall–Kier alpha value is -1.57. The summed E-state index contributed by atoms with van der Waals surface area (Å²) in [6.07, 6.45) is 3.60. The molecule has 2 heteroatoms. The molecular formula is C14H16O2. The van der Waals surface area contributed by atoms with Crippen molar-refractivity contribution >= 4 is 11.5 Å². The minimum Gasteiger partial charge on any atom is -0.478 e. The zero-order valence-electron chi connectivity index (χ0n) is 9.66. The van der Waals surface area contributed by atoms with E-state index in [1.807, 2.05) is 6.07 Å². The molecule has 1 fully saturated rings. The van der Waals surface area contributed by atoms with Crippen LogP contribution >= 0.6 is 0 Å². The van der Waals surface area contributed by atoms with Crippen molar-refractivity contribution in [2.45, 2.75) is 26.7 Å². The van der Waals surface area contributed by atoms with Crippen LogP contribution in [0.1, 0.15) is 29.5 Å². The van der Waals surface area contributed by atoms with Gasteiger partial charge in [0.05, 0.1) is 0 Å². The lowest BCUT2D eigenvalue weighted by atomic mass is 9.97. The quantitative estimate of drug-likeness (QED) is 0.788. The Kier molecular flexibility index (Phi) is 2.82. The molecule has 0 saturated heterocycles. The van der Waals surface area contributed by atoms with Gasteiger partial charge in [0.1, 0.15) is 0 Å². The number of hydrogen-bond acceptors (Lipinski definition) is 1. The predicted molar refractivity (Wildman–Crippen MR) is 64.3 cm³/mol. The lowest BCUT2D eigenvalue weighted by Gasteiger charge is -2.08. The van der Waals surface area contributed by atoms with Crippen molar-refractivity contribution in [3.8, 4) is 0 Å². The standard InChI is InChI=1S/C14H16O2/c1-9-3-4-12(7-10(9)2)13(8-14(15)16)11-5-6-11/h3-4,7-8,11H,5-6H2,1-2H3,(H,15,16)/b13-8+. The molecule has 84 valence electrons.